The molecule has 0 saturated carbocycles. The number of ether oxygens (including phenoxy) is 2. The van der Waals surface area contributed by atoms with E-state index in [4.69, 9.17) is 9.47 Å². The first kappa shape index (κ1) is 18.2. The monoisotopic (exact) mass is 407 g/mol. The summed E-state index contributed by atoms with van der Waals surface area (Å²) in [5.41, 5.74) is 4.31. The number of aromatic nitrogens is 6. The molecule has 0 amide bonds. The van der Waals surface area contributed by atoms with Gasteiger partial charge in [0.05, 0.1) is 19.4 Å². The SMILES string of the molecule is COc1ncc(-c2cnc(NCc3c(F)ccc4c3CCO4)n3cnnc23)c(C)n1. The van der Waals surface area contributed by atoms with Gasteiger partial charge in [-0.3, -0.25) is 4.40 Å². The smallest absolute Gasteiger partial charge is 0.316 e. The molecule has 5 rings (SSSR count). The van der Waals surface area contributed by atoms with E-state index < -0.39 is 0 Å². The molecular weight excluding hydrogens is 389 g/mol. The summed E-state index contributed by atoms with van der Waals surface area (Å²) in [6, 6.07) is 3.39. The van der Waals surface area contributed by atoms with Crippen LogP contribution in [-0.4, -0.2) is 43.3 Å². The second-order valence-corrected chi connectivity index (χ2v) is 6.83. The van der Waals surface area contributed by atoms with Crippen LogP contribution in [0.2, 0.25) is 0 Å². The van der Waals surface area contributed by atoms with Crippen molar-refractivity contribution in [2.24, 2.45) is 0 Å². The van der Waals surface area contributed by atoms with E-state index in [9.17, 15) is 4.39 Å². The van der Waals surface area contributed by atoms with Crippen molar-refractivity contribution in [3.8, 4) is 22.9 Å². The van der Waals surface area contributed by atoms with E-state index >= 15 is 0 Å². The van der Waals surface area contributed by atoms with Gasteiger partial charge < -0.3 is 14.8 Å². The molecule has 3 aromatic heterocycles. The van der Waals surface area contributed by atoms with Gasteiger partial charge in [0.2, 0.25) is 5.95 Å². The molecule has 0 saturated heterocycles. The minimum absolute atomic E-state index is 0.267. The topological polar surface area (TPSA) is 99.4 Å². The highest BCUT2D eigenvalue weighted by molar-refractivity contribution is 5.78. The normalized spacial score (nSPS) is 12.6. The lowest BCUT2D eigenvalue weighted by Gasteiger charge is -2.13. The van der Waals surface area contributed by atoms with Crippen molar-refractivity contribution in [1.29, 1.82) is 0 Å². The Kier molecular flexibility index (Phi) is 4.38. The Labute approximate surface area is 170 Å². The van der Waals surface area contributed by atoms with E-state index in [1.807, 2.05) is 6.92 Å². The maximum Gasteiger partial charge on any atom is 0.316 e. The van der Waals surface area contributed by atoms with Gasteiger partial charge >= 0.3 is 6.01 Å². The zero-order valence-corrected chi connectivity index (χ0v) is 16.4. The van der Waals surface area contributed by atoms with E-state index in [1.54, 1.807) is 29.2 Å². The predicted molar refractivity (Wildman–Crippen MR) is 106 cm³/mol. The van der Waals surface area contributed by atoms with Gasteiger partial charge in [0.1, 0.15) is 17.9 Å². The van der Waals surface area contributed by atoms with Gasteiger partial charge in [-0.1, -0.05) is 0 Å². The Morgan fingerprint density at radius 3 is 2.93 bits per heavy atom. The molecule has 1 N–H and O–H groups in total. The first-order valence-corrected chi connectivity index (χ1v) is 9.39. The molecule has 10 heteroatoms. The number of nitrogens with zero attached hydrogens (tertiary/aromatic N) is 6. The van der Waals surface area contributed by atoms with Crippen LogP contribution in [0.1, 0.15) is 16.8 Å². The molecule has 0 unspecified atom stereocenters. The maximum atomic E-state index is 14.4. The number of fused-ring (bicyclic) bond motifs is 2. The molecule has 1 aliphatic heterocycles. The molecule has 4 heterocycles. The number of hydrogen-bond acceptors (Lipinski definition) is 8. The molecule has 152 valence electrons. The quantitative estimate of drug-likeness (QED) is 0.539. The van der Waals surface area contributed by atoms with E-state index in [1.165, 1.54) is 13.2 Å². The summed E-state index contributed by atoms with van der Waals surface area (Å²) in [4.78, 5) is 13.0. The van der Waals surface area contributed by atoms with Gasteiger partial charge in [0.25, 0.3) is 0 Å². The van der Waals surface area contributed by atoms with Crippen molar-refractivity contribution in [2.75, 3.05) is 19.0 Å². The minimum atomic E-state index is -0.269. The van der Waals surface area contributed by atoms with Crippen LogP contribution in [0.15, 0.2) is 30.9 Å². The summed E-state index contributed by atoms with van der Waals surface area (Å²) in [5.74, 6) is 0.970. The highest BCUT2D eigenvalue weighted by atomic mass is 19.1. The average Bonchev–Trinajstić information content (AvgIpc) is 3.43. The molecule has 9 nitrogen and oxygen atoms in total. The van der Waals surface area contributed by atoms with Gasteiger partial charge in [-0.2, -0.15) is 4.98 Å². The van der Waals surface area contributed by atoms with Gasteiger partial charge in [0, 0.05) is 47.6 Å². The van der Waals surface area contributed by atoms with Crippen LogP contribution >= 0.6 is 0 Å². The van der Waals surface area contributed by atoms with Crippen LogP contribution in [0.3, 0.4) is 0 Å². The highest BCUT2D eigenvalue weighted by Gasteiger charge is 2.20. The standard InChI is InChI=1S/C20H18FN7O2/c1-11-13(7-24-20(26-11)29-2)15-9-23-19(28-10-25-27-18(15)28)22-8-14-12-5-6-30-17(12)4-3-16(14)21/h3-4,7,9-10H,5-6,8H2,1-2H3,(H,22,23). The second kappa shape index (κ2) is 7.21. The number of benzene rings is 1. The van der Waals surface area contributed by atoms with Crippen molar-refractivity contribution < 1.29 is 13.9 Å². The van der Waals surface area contributed by atoms with E-state index in [-0.39, 0.29) is 12.4 Å². The van der Waals surface area contributed by atoms with Crippen molar-refractivity contribution >= 4 is 11.6 Å². The van der Waals surface area contributed by atoms with Crippen molar-refractivity contribution in [3.05, 3.63) is 53.5 Å². The van der Waals surface area contributed by atoms with Crippen LogP contribution in [-0.2, 0) is 13.0 Å². The number of rotatable bonds is 5. The van der Waals surface area contributed by atoms with Crippen LogP contribution in [0, 0.1) is 12.7 Å². The lowest BCUT2D eigenvalue weighted by atomic mass is 10.0. The molecule has 1 aromatic carbocycles. The highest BCUT2D eigenvalue weighted by Crippen LogP contribution is 2.31. The number of nitrogens with one attached hydrogen (secondary N) is 1. The molecule has 0 spiro atoms. The van der Waals surface area contributed by atoms with E-state index in [0.717, 1.165) is 28.1 Å². The van der Waals surface area contributed by atoms with Crippen LogP contribution in [0.5, 0.6) is 11.8 Å². The Morgan fingerprint density at radius 2 is 2.10 bits per heavy atom. The molecular formula is C20H18FN7O2. The third-order valence-corrected chi connectivity index (χ3v) is 5.13. The second-order valence-electron chi connectivity index (χ2n) is 6.83. The molecule has 0 bridgehead atoms. The first-order valence-electron chi connectivity index (χ1n) is 9.39. The average molecular weight is 407 g/mol. The number of methoxy groups -OCH3 is 1. The summed E-state index contributed by atoms with van der Waals surface area (Å²) in [7, 11) is 1.52. The summed E-state index contributed by atoms with van der Waals surface area (Å²) in [6.45, 7) is 2.69. The summed E-state index contributed by atoms with van der Waals surface area (Å²) in [5, 5.41) is 11.4. The zero-order valence-electron chi connectivity index (χ0n) is 16.4. The zero-order chi connectivity index (χ0) is 20.7. The van der Waals surface area contributed by atoms with E-state index in [0.29, 0.717) is 36.2 Å². The third-order valence-electron chi connectivity index (χ3n) is 5.13. The van der Waals surface area contributed by atoms with Gasteiger partial charge in [-0.05, 0) is 19.1 Å². The lowest BCUT2D eigenvalue weighted by molar-refractivity contribution is 0.356. The predicted octanol–water partition coefficient (Wildman–Crippen LogP) is 2.58. The van der Waals surface area contributed by atoms with Crippen molar-refractivity contribution in [3.63, 3.8) is 0 Å². The molecule has 4 aromatic rings. The minimum Gasteiger partial charge on any atom is -0.493 e. The number of anilines is 1. The Bertz CT molecular complexity index is 1260. The fraction of sp³-hybridized carbons (Fsp3) is 0.250. The van der Waals surface area contributed by atoms with E-state index in [2.05, 4.69) is 30.5 Å². The largest absolute Gasteiger partial charge is 0.493 e. The van der Waals surface area contributed by atoms with Gasteiger partial charge in [0.15, 0.2) is 5.65 Å². The number of hydrogen-bond donors (Lipinski definition) is 1. The maximum absolute atomic E-state index is 14.4. The number of halogens is 1. The van der Waals surface area contributed by atoms with Gasteiger partial charge in [-0.25, -0.2) is 14.4 Å². The molecule has 0 atom stereocenters. The fourth-order valence-electron chi connectivity index (χ4n) is 3.62. The Hall–Kier alpha value is -3.82. The molecule has 0 radical (unpaired) electrons. The third kappa shape index (κ3) is 2.97. The van der Waals surface area contributed by atoms with Crippen LogP contribution in [0.4, 0.5) is 10.3 Å². The summed E-state index contributed by atoms with van der Waals surface area (Å²) < 4.78 is 26.8. The molecule has 1 aliphatic rings. The Morgan fingerprint density at radius 1 is 1.23 bits per heavy atom. The fourth-order valence-corrected chi connectivity index (χ4v) is 3.62. The molecule has 0 fully saturated rings. The molecule has 0 aliphatic carbocycles. The Balaban J connectivity index is 1.49. The van der Waals surface area contributed by atoms with Crippen LogP contribution < -0.4 is 14.8 Å². The number of aryl methyl sites for hydroxylation is 1. The molecule has 30 heavy (non-hydrogen) atoms. The van der Waals surface area contributed by atoms with Crippen molar-refractivity contribution in [1.82, 2.24) is 29.5 Å². The first-order chi connectivity index (χ1) is 14.7. The summed E-state index contributed by atoms with van der Waals surface area (Å²) in [6.07, 6.45) is 5.60. The van der Waals surface area contributed by atoms with Crippen LogP contribution in [0.25, 0.3) is 16.8 Å². The van der Waals surface area contributed by atoms with Crippen molar-refractivity contribution in [2.45, 2.75) is 19.9 Å². The lowest BCUT2D eigenvalue weighted by Crippen LogP contribution is -2.10. The summed E-state index contributed by atoms with van der Waals surface area (Å²) >= 11 is 0. The van der Waals surface area contributed by atoms with Gasteiger partial charge in [-0.15, -0.1) is 10.2 Å².